The molecule has 0 radical (unpaired) electrons. The number of nitrogens with one attached hydrogen (secondary N) is 1. The number of fused-ring (bicyclic) bond motifs is 3. The van der Waals surface area contributed by atoms with Gasteiger partial charge in [-0.1, -0.05) is 12.1 Å². The lowest BCUT2D eigenvalue weighted by Gasteiger charge is -1.99. The van der Waals surface area contributed by atoms with Crippen molar-refractivity contribution < 1.29 is 0 Å². The fourth-order valence-electron chi connectivity index (χ4n) is 2.60. The van der Waals surface area contributed by atoms with Gasteiger partial charge in [0, 0.05) is 21.8 Å². The van der Waals surface area contributed by atoms with E-state index in [9.17, 15) is 4.79 Å². The van der Waals surface area contributed by atoms with Gasteiger partial charge in [-0.05, 0) is 31.5 Å². The first kappa shape index (κ1) is 12.3. The third-order valence-electron chi connectivity index (χ3n) is 3.66. The number of aryl methyl sites for hydroxylation is 2. The summed E-state index contributed by atoms with van der Waals surface area (Å²) in [6, 6.07) is 8.08. The Morgan fingerprint density at radius 3 is 2.81 bits per heavy atom. The maximum absolute atomic E-state index is 12.5. The van der Waals surface area contributed by atoms with E-state index in [0.29, 0.717) is 5.39 Å². The van der Waals surface area contributed by atoms with E-state index in [1.165, 1.54) is 4.88 Å². The van der Waals surface area contributed by atoms with Gasteiger partial charge in [-0.2, -0.15) is 0 Å². The van der Waals surface area contributed by atoms with E-state index >= 15 is 0 Å². The largest absolute Gasteiger partial charge is 0.290 e. The van der Waals surface area contributed by atoms with Crippen LogP contribution in [0.5, 0.6) is 0 Å². The maximum Gasteiger partial charge on any atom is 0.280 e. The lowest BCUT2D eigenvalue weighted by atomic mass is 10.1. The molecule has 1 aromatic carbocycles. The standard InChI is InChI=1S/C16H13N3OS/c1-9-3-4-12-14(5-9)17-7-13-15(12)18-19(16(13)20)11-6-10(2)21-8-11/h3-8,18H,1-2H3. The van der Waals surface area contributed by atoms with E-state index in [0.717, 1.165) is 27.7 Å². The van der Waals surface area contributed by atoms with Crippen LogP contribution in [0, 0.1) is 13.8 Å². The minimum atomic E-state index is -0.0576. The minimum absolute atomic E-state index is 0.0576. The molecule has 0 spiro atoms. The lowest BCUT2D eigenvalue weighted by molar-refractivity contribution is 0.868. The Kier molecular flexibility index (Phi) is 2.53. The highest BCUT2D eigenvalue weighted by Gasteiger charge is 2.12. The monoisotopic (exact) mass is 295 g/mol. The van der Waals surface area contributed by atoms with E-state index < -0.39 is 0 Å². The molecule has 0 amide bonds. The quantitative estimate of drug-likeness (QED) is 0.584. The molecular weight excluding hydrogens is 282 g/mol. The van der Waals surface area contributed by atoms with Gasteiger partial charge in [0.25, 0.3) is 5.56 Å². The number of H-pyrrole nitrogens is 1. The molecule has 21 heavy (non-hydrogen) atoms. The molecule has 4 aromatic rings. The average molecular weight is 295 g/mol. The molecule has 0 unspecified atom stereocenters. The van der Waals surface area contributed by atoms with Crippen LogP contribution in [0.15, 0.2) is 40.6 Å². The van der Waals surface area contributed by atoms with Crippen LogP contribution in [0.2, 0.25) is 0 Å². The van der Waals surface area contributed by atoms with Gasteiger partial charge < -0.3 is 0 Å². The smallest absolute Gasteiger partial charge is 0.280 e. The molecule has 0 saturated heterocycles. The summed E-state index contributed by atoms with van der Waals surface area (Å²) >= 11 is 1.63. The summed E-state index contributed by atoms with van der Waals surface area (Å²) in [6.07, 6.45) is 1.66. The molecule has 0 aliphatic carbocycles. The number of aromatic nitrogens is 3. The third-order valence-corrected chi connectivity index (χ3v) is 4.51. The number of hydrogen-bond donors (Lipinski definition) is 1. The molecule has 3 aromatic heterocycles. The Hall–Kier alpha value is -2.40. The summed E-state index contributed by atoms with van der Waals surface area (Å²) in [4.78, 5) is 18.1. The van der Waals surface area contributed by atoms with Gasteiger partial charge in [-0.25, -0.2) is 4.68 Å². The highest BCUT2D eigenvalue weighted by molar-refractivity contribution is 7.10. The summed E-state index contributed by atoms with van der Waals surface area (Å²) in [6.45, 7) is 4.06. The number of pyridine rings is 1. The second kappa shape index (κ2) is 4.30. The Labute approximate surface area is 124 Å². The fourth-order valence-corrected chi connectivity index (χ4v) is 3.27. The van der Waals surface area contributed by atoms with Crippen molar-refractivity contribution >= 4 is 33.1 Å². The van der Waals surface area contributed by atoms with Crippen molar-refractivity contribution in [1.82, 2.24) is 14.8 Å². The molecule has 0 bridgehead atoms. The summed E-state index contributed by atoms with van der Waals surface area (Å²) in [5, 5.41) is 6.80. The molecule has 5 heteroatoms. The number of rotatable bonds is 1. The van der Waals surface area contributed by atoms with Crippen molar-refractivity contribution in [3.8, 4) is 5.69 Å². The first-order chi connectivity index (χ1) is 10.1. The Morgan fingerprint density at radius 2 is 2.05 bits per heavy atom. The molecule has 0 aliphatic rings. The van der Waals surface area contributed by atoms with E-state index in [1.54, 1.807) is 22.2 Å². The van der Waals surface area contributed by atoms with Gasteiger partial charge in [0.2, 0.25) is 0 Å². The first-order valence-electron chi connectivity index (χ1n) is 6.69. The van der Waals surface area contributed by atoms with Crippen molar-refractivity contribution in [2.75, 3.05) is 0 Å². The van der Waals surface area contributed by atoms with E-state index in [4.69, 9.17) is 0 Å². The van der Waals surface area contributed by atoms with Gasteiger partial charge in [0.15, 0.2) is 0 Å². The van der Waals surface area contributed by atoms with Gasteiger partial charge >= 0.3 is 0 Å². The minimum Gasteiger partial charge on any atom is -0.290 e. The third kappa shape index (κ3) is 1.81. The molecule has 3 heterocycles. The van der Waals surface area contributed by atoms with Gasteiger partial charge in [-0.15, -0.1) is 11.3 Å². The Balaban J connectivity index is 2.10. The van der Waals surface area contributed by atoms with Crippen LogP contribution in [-0.2, 0) is 0 Å². The van der Waals surface area contributed by atoms with Crippen molar-refractivity contribution in [2.45, 2.75) is 13.8 Å². The summed E-state index contributed by atoms with van der Waals surface area (Å²) in [5.41, 5.74) is 3.72. The Bertz CT molecular complexity index is 1040. The molecule has 0 saturated carbocycles. The van der Waals surface area contributed by atoms with Crippen LogP contribution < -0.4 is 5.56 Å². The summed E-state index contributed by atoms with van der Waals surface area (Å²) in [7, 11) is 0. The van der Waals surface area contributed by atoms with E-state index in [2.05, 4.69) is 10.1 Å². The first-order valence-corrected chi connectivity index (χ1v) is 7.57. The number of benzene rings is 1. The fraction of sp³-hybridized carbons (Fsp3) is 0.125. The summed E-state index contributed by atoms with van der Waals surface area (Å²) in [5.74, 6) is 0. The van der Waals surface area contributed by atoms with Crippen molar-refractivity contribution in [3.63, 3.8) is 0 Å². The van der Waals surface area contributed by atoms with Gasteiger partial charge in [-0.3, -0.25) is 14.9 Å². The highest BCUT2D eigenvalue weighted by atomic mass is 32.1. The van der Waals surface area contributed by atoms with Crippen molar-refractivity contribution in [2.24, 2.45) is 0 Å². The Morgan fingerprint density at radius 1 is 1.19 bits per heavy atom. The molecular formula is C16H13N3OS. The van der Waals surface area contributed by atoms with E-state index in [-0.39, 0.29) is 5.56 Å². The van der Waals surface area contributed by atoms with Crippen LogP contribution in [0.25, 0.3) is 27.5 Å². The molecule has 1 N–H and O–H groups in total. The molecule has 4 rings (SSSR count). The van der Waals surface area contributed by atoms with Gasteiger partial charge in [0.05, 0.1) is 22.1 Å². The lowest BCUT2D eigenvalue weighted by Crippen LogP contribution is -2.13. The van der Waals surface area contributed by atoms with E-state index in [1.807, 2.05) is 43.5 Å². The molecule has 104 valence electrons. The second-order valence-electron chi connectivity index (χ2n) is 5.24. The van der Waals surface area contributed by atoms with Crippen LogP contribution in [-0.4, -0.2) is 14.8 Å². The predicted molar refractivity (Wildman–Crippen MR) is 86.5 cm³/mol. The molecule has 0 atom stereocenters. The summed E-state index contributed by atoms with van der Waals surface area (Å²) < 4.78 is 1.59. The average Bonchev–Trinajstić information content (AvgIpc) is 3.02. The van der Waals surface area contributed by atoms with Crippen LogP contribution in [0.1, 0.15) is 10.4 Å². The van der Waals surface area contributed by atoms with Crippen LogP contribution in [0.4, 0.5) is 0 Å². The highest BCUT2D eigenvalue weighted by Crippen LogP contribution is 2.23. The molecule has 0 fully saturated rings. The molecule has 4 nitrogen and oxygen atoms in total. The predicted octanol–water partition coefficient (Wildman–Crippen LogP) is 3.55. The number of aromatic amines is 1. The number of nitrogens with zero attached hydrogens (tertiary/aromatic N) is 2. The van der Waals surface area contributed by atoms with Crippen molar-refractivity contribution in [3.05, 3.63) is 56.6 Å². The SMILES string of the molecule is Cc1ccc2c(c1)ncc1c(=O)n(-c3csc(C)c3)[nH]c12. The van der Waals surface area contributed by atoms with Crippen molar-refractivity contribution in [1.29, 1.82) is 0 Å². The van der Waals surface area contributed by atoms with Gasteiger partial charge in [0.1, 0.15) is 0 Å². The molecule has 0 aliphatic heterocycles. The van der Waals surface area contributed by atoms with Crippen LogP contribution in [0.3, 0.4) is 0 Å². The zero-order chi connectivity index (χ0) is 14.6. The topological polar surface area (TPSA) is 50.7 Å². The zero-order valence-electron chi connectivity index (χ0n) is 11.7. The van der Waals surface area contributed by atoms with Crippen LogP contribution >= 0.6 is 11.3 Å². The normalized spacial score (nSPS) is 11.5. The maximum atomic E-state index is 12.5. The zero-order valence-corrected chi connectivity index (χ0v) is 12.5. The second-order valence-corrected chi connectivity index (χ2v) is 6.35. The number of hydrogen-bond acceptors (Lipinski definition) is 3. The number of thiophene rings is 1.